The number of anilines is 1. The summed E-state index contributed by atoms with van der Waals surface area (Å²) in [5.74, 6) is -2.41. The number of likely N-dealkylation sites (N-methyl/N-ethyl adjacent to an activating group) is 1. The van der Waals surface area contributed by atoms with E-state index in [4.69, 9.17) is 5.26 Å². The van der Waals surface area contributed by atoms with Gasteiger partial charge in [0.05, 0.1) is 23.7 Å². The van der Waals surface area contributed by atoms with Crippen molar-refractivity contribution in [2.24, 2.45) is 0 Å². The molecule has 0 amide bonds. The summed E-state index contributed by atoms with van der Waals surface area (Å²) < 4.78 is 27.1. The molecule has 2 rings (SSSR count). The molecule has 0 unspecified atom stereocenters. The summed E-state index contributed by atoms with van der Waals surface area (Å²) in [6.45, 7) is -0.188. The van der Waals surface area contributed by atoms with Crippen molar-refractivity contribution in [2.45, 2.75) is 0 Å². The van der Waals surface area contributed by atoms with Crippen LogP contribution >= 0.6 is 0 Å². The number of halogens is 2. The van der Waals surface area contributed by atoms with Crippen molar-refractivity contribution in [3.05, 3.63) is 65.2 Å². The first-order valence-electron chi connectivity index (χ1n) is 6.21. The third-order valence-electron chi connectivity index (χ3n) is 3.04. The van der Waals surface area contributed by atoms with Crippen LogP contribution in [0.2, 0.25) is 0 Å². The van der Waals surface area contributed by atoms with Gasteiger partial charge in [0.25, 0.3) is 0 Å². The minimum Gasteiger partial charge on any atom is -0.367 e. The zero-order chi connectivity index (χ0) is 15.4. The van der Waals surface area contributed by atoms with Gasteiger partial charge in [-0.05, 0) is 30.3 Å². The maximum atomic E-state index is 13.6. The number of Topliss-reactive ketones (excluding diaryl/α,β-unsaturated/α-hetero) is 1. The van der Waals surface area contributed by atoms with Crippen molar-refractivity contribution >= 4 is 11.5 Å². The standard InChI is InChI=1S/C16H12F2N2O/c1-20(12-5-2-4-11(8-12)9-19)10-15(21)16-13(17)6-3-7-14(16)18/h2-8H,10H2,1H3. The summed E-state index contributed by atoms with van der Waals surface area (Å²) >= 11 is 0. The topological polar surface area (TPSA) is 44.1 Å². The Hall–Kier alpha value is -2.74. The van der Waals surface area contributed by atoms with E-state index in [1.165, 1.54) is 11.0 Å². The maximum Gasteiger partial charge on any atom is 0.187 e. The van der Waals surface area contributed by atoms with Crippen LogP contribution in [0.25, 0.3) is 0 Å². The Morgan fingerprint density at radius 2 is 1.81 bits per heavy atom. The zero-order valence-electron chi connectivity index (χ0n) is 11.3. The molecule has 0 saturated heterocycles. The summed E-state index contributed by atoms with van der Waals surface area (Å²) in [4.78, 5) is 13.6. The molecule has 0 saturated carbocycles. The number of benzene rings is 2. The average Bonchev–Trinajstić information content (AvgIpc) is 2.47. The third kappa shape index (κ3) is 3.23. The summed E-state index contributed by atoms with van der Waals surface area (Å²) in [7, 11) is 1.62. The molecule has 0 atom stereocenters. The van der Waals surface area contributed by atoms with Gasteiger partial charge in [-0.1, -0.05) is 12.1 Å². The number of nitrogens with zero attached hydrogens (tertiary/aromatic N) is 2. The molecule has 0 radical (unpaired) electrons. The SMILES string of the molecule is CN(CC(=O)c1c(F)cccc1F)c1cccc(C#N)c1. The molecule has 21 heavy (non-hydrogen) atoms. The Kier molecular flexibility index (Phi) is 4.29. The van der Waals surface area contributed by atoms with Crippen molar-refractivity contribution in [3.8, 4) is 6.07 Å². The van der Waals surface area contributed by atoms with Gasteiger partial charge in [0, 0.05) is 12.7 Å². The highest BCUT2D eigenvalue weighted by atomic mass is 19.1. The number of nitriles is 1. The Bertz CT molecular complexity index is 702. The highest BCUT2D eigenvalue weighted by Gasteiger charge is 2.18. The lowest BCUT2D eigenvalue weighted by molar-refractivity contribution is 0.0992. The molecular weight excluding hydrogens is 274 g/mol. The number of carbonyl (C=O) groups is 1. The number of hydrogen-bond acceptors (Lipinski definition) is 3. The van der Waals surface area contributed by atoms with Gasteiger partial charge in [0.2, 0.25) is 0 Å². The van der Waals surface area contributed by atoms with E-state index >= 15 is 0 Å². The fourth-order valence-electron chi connectivity index (χ4n) is 1.96. The number of carbonyl (C=O) groups excluding carboxylic acids is 1. The van der Waals surface area contributed by atoms with Gasteiger partial charge >= 0.3 is 0 Å². The van der Waals surface area contributed by atoms with Crippen LogP contribution < -0.4 is 4.90 Å². The molecule has 0 N–H and O–H groups in total. The van der Waals surface area contributed by atoms with Crippen LogP contribution in [0.15, 0.2) is 42.5 Å². The minimum absolute atomic E-state index is 0.188. The molecule has 0 heterocycles. The van der Waals surface area contributed by atoms with Gasteiger partial charge in [0.15, 0.2) is 5.78 Å². The second-order valence-corrected chi connectivity index (χ2v) is 4.54. The predicted molar refractivity (Wildman–Crippen MR) is 75.1 cm³/mol. The molecule has 106 valence electrons. The molecule has 5 heteroatoms. The van der Waals surface area contributed by atoms with E-state index in [9.17, 15) is 13.6 Å². The second-order valence-electron chi connectivity index (χ2n) is 4.54. The molecular formula is C16H12F2N2O. The van der Waals surface area contributed by atoms with Crippen LogP contribution in [0.1, 0.15) is 15.9 Å². The fraction of sp³-hybridized carbons (Fsp3) is 0.125. The van der Waals surface area contributed by atoms with E-state index in [1.807, 2.05) is 6.07 Å². The van der Waals surface area contributed by atoms with E-state index in [0.717, 1.165) is 12.1 Å². The number of rotatable bonds is 4. The summed E-state index contributed by atoms with van der Waals surface area (Å²) in [5.41, 5.74) is 0.531. The smallest absolute Gasteiger partial charge is 0.187 e. The van der Waals surface area contributed by atoms with Crippen molar-refractivity contribution < 1.29 is 13.6 Å². The quantitative estimate of drug-likeness (QED) is 0.811. The van der Waals surface area contributed by atoms with Gasteiger partial charge in [0.1, 0.15) is 11.6 Å². The lowest BCUT2D eigenvalue weighted by Crippen LogP contribution is -2.27. The number of hydrogen-bond donors (Lipinski definition) is 0. The average molecular weight is 286 g/mol. The first kappa shape index (κ1) is 14.7. The molecule has 0 aliphatic heterocycles. The van der Waals surface area contributed by atoms with E-state index < -0.39 is 23.0 Å². The van der Waals surface area contributed by atoms with E-state index in [2.05, 4.69) is 0 Å². The lowest BCUT2D eigenvalue weighted by atomic mass is 10.1. The first-order chi connectivity index (χ1) is 10.0. The van der Waals surface area contributed by atoms with Crippen LogP contribution in [0, 0.1) is 23.0 Å². The Morgan fingerprint density at radius 3 is 2.43 bits per heavy atom. The summed E-state index contributed by atoms with van der Waals surface area (Å²) in [6, 6.07) is 11.9. The highest BCUT2D eigenvalue weighted by molar-refractivity contribution is 5.99. The lowest BCUT2D eigenvalue weighted by Gasteiger charge is -2.18. The monoisotopic (exact) mass is 286 g/mol. The molecule has 0 fully saturated rings. The molecule has 0 aromatic heterocycles. The van der Waals surface area contributed by atoms with Gasteiger partial charge < -0.3 is 4.90 Å². The first-order valence-corrected chi connectivity index (χ1v) is 6.21. The largest absolute Gasteiger partial charge is 0.367 e. The molecule has 2 aromatic carbocycles. The molecule has 2 aromatic rings. The second kappa shape index (κ2) is 6.14. The van der Waals surface area contributed by atoms with E-state index in [0.29, 0.717) is 11.3 Å². The van der Waals surface area contributed by atoms with E-state index in [-0.39, 0.29) is 6.54 Å². The van der Waals surface area contributed by atoms with Gasteiger partial charge in [-0.25, -0.2) is 8.78 Å². The van der Waals surface area contributed by atoms with Crippen LogP contribution in [-0.2, 0) is 0 Å². The van der Waals surface area contributed by atoms with Crippen LogP contribution in [0.5, 0.6) is 0 Å². The van der Waals surface area contributed by atoms with Crippen LogP contribution in [0.3, 0.4) is 0 Å². The Balaban J connectivity index is 2.21. The van der Waals surface area contributed by atoms with Crippen LogP contribution in [-0.4, -0.2) is 19.4 Å². The highest BCUT2D eigenvalue weighted by Crippen LogP contribution is 2.17. The van der Waals surface area contributed by atoms with Gasteiger partial charge in [-0.2, -0.15) is 5.26 Å². The predicted octanol–water partition coefficient (Wildman–Crippen LogP) is 3.16. The molecule has 0 aliphatic rings. The van der Waals surface area contributed by atoms with E-state index in [1.54, 1.807) is 31.3 Å². The Morgan fingerprint density at radius 1 is 1.19 bits per heavy atom. The normalized spacial score (nSPS) is 10.0. The van der Waals surface area contributed by atoms with Gasteiger partial charge in [-0.3, -0.25) is 4.79 Å². The van der Waals surface area contributed by atoms with Crippen molar-refractivity contribution in [1.82, 2.24) is 0 Å². The van der Waals surface area contributed by atoms with Crippen LogP contribution in [0.4, 0.5) is 14.5 Å². The minimum atomic E-state index is -0.876. The molecule has 0 aliphatic carbocycles. The maximum absolute atomic E-state index is 13.6. The molecule has 3 nitrogen and oxygen atoms in total. The summed E-state index contributed by atoms with van der Waals surface area (Å²) in [5, 5.41) is 8.84. The molecule has 0 bridgehead atoms. The van der Waals surface area contributed by atoms with Crippen molar-refractivity contribution in [2.75, 3.05) is 18.5 Å². The summed E-state index contributed by atoms with van der Waals surface area (Å²) in [6.07, 6.45) is 0. The van der Waals surface area contributed by atoms with Crippen molar-refractivity contribution in [1.29, 1.82) is 5.26 Å². The number of ketones is 1. The molecule has 0 spiro atoms. The van der Waals surface area contributed by atoms with Gasteiger partial charge in [-0.15, -0.1) is 0 Å². The third-order valence-corrected chi connectivity index (χ3v) is 3.04. The van der Waals surface area contributed by atoms with Crippen molar-refractivity contribution in [3.63, 3.8) is 0 Å². The fourth-order valence-corrected chi connectivity index (χ4v) is 1.96. The zero-order valence-corrected chi connectivity index (χ0v) is 11.3. The Labute approximate surface area is 121 Å².